The standard InChI is InChI=1S/C14H27N3O3/c1-15(2)11-12-6-9-17(10-7-12)14(20)16(3)8-4-5-13(18)19/h12H,4-11H2,1-3H3,(H,18,19). The van der Waals surface area contributed by atoms with Crippen molar-refractivity contribution in [3.8, 4) is 0 Å². The SMILES string of the molecule is CN(C)CC1CCN(C(=O)N(C)CCCC(=O)O)CC1. The van der Waals surface area contributed by atoms with Gasteiger partial charge in [0.2, 0.25) is 0 Å². The summed E-state index contributed by atoms with van der Waals surface area (Å²) in [6.45, 7) is 3.19. The van der Waals surface area contributed by atoms with Gasteiger partial charge in [0.1, 0.15) is 0 Å². The third-order valence-electron chi connectivity index (χ3n) is 3.72. The lowest BCUT2D eigenvalue weighted by atomic mass is 9.96. The van der Waals surface area contributed by atoms with E-state index in [-0.39, 0.29) is 12.5 Å². The Morgan fingerprint density at radius 2 is 1.80 bits per heavy atom. The Hall–Kier alpha value is -1.30. The molecule has 6 nitrogen and oxygen atoms in total. The van der Waals surface area contributed by atoms with Crippen LogP contribution in [0.25, 0.3) is 0 Å². The number of carboxylic acid groups (broad SMARTS) is 1. The molecule has 1 fully saturated rings. The van der Waals surface area contributed by atoms with Crippen molar-refractivity contribution in [2.75, 3.05) is 47.3 Å². The molecule has 0 radical (unpaired) electrons. The van der Waals surface area contributed by atoms with Gasteiger partial charge in [-0.1, -0.05) is 0 Å². The lowest BCUT2D eigenvalue weighted by Crippen LogP contribution is -2.46. The number of nitrogens with zero attached hydrogens (tertiary/aromatic N) is 3. The van der Waals surface area contributed by atoms with Crippen LogP contribution in [0.15, 0.2) is 0 Å². The molecule has 0 aromatic heterocycles. The molecule has 1 aliphatic rings. The third kappa shape index (κ3) is 5.77. The number of hydrogen-bond acceptors (Lipinski definition) is 3. The van der Waals surface area contributed by atoms with Crippen LogP contribution in [0.4, 0.5) is 4.79 Å². The van der Waals surface area contributed by atoms with Crippen molar-refractivity contribution in [1.82, 2.24) is 14.7 Å². The van der Waals surface area contributed by atoms with Crippen LogP contribution in [0.1, 0.15) is 25.7 Å². The minimum absolute atomic E-state index is 0.0266. The Kier molecular flexibility index (Phi) is 6.78. The summed E-state index contributed by atoms with van der Waals surface area (Å²) in [5.74, 6) is -0.137. The Bertz CT molecular complexity index is 326. The highest BCUT2D eigenvalue weighted by molar-refractivity contribution is 5.74. The number of carbonyl (C=O) groups is 2. The fourth-order valence-corrected chi connectivity index (χ4v) is 2.63. The summed E-state index contributed by atoms with van der Waals surface area (Å²) >= 11 is 0. The first-order valence-corrected chi connectivity index (χ1v) is 7.26. The Morgan fingerprint density at radius 3 is 2.30 bits per heavy atom. The van der Waals surface area contributed by atoms with Crippen molar-refractivity contribution in [2.45, 2.75) is 25.7 Å². The highest BCUT2D eigenvalue weighted by Crippen LogP contribution is 2.18. The fraction of sp³-hybridized carbons (Fsp3) is 0.857. The summed E-state index contributed by atoms with van der Waals surface area (Å²) in [6, 6.07) is 0.0266. The quantitative estimate of drug-likeness (QED) is 0.796. The van der Waals surface area contributed by atoms with E-state index in [9.17, 15) is 9.59 Å². The molecule has 0 unspecified atom stereocenters. The van der Waals surface area contributed by atoms with Crippen LogP contribution in [0.3, 0.4) is 0 Å². The molecule has 0 aromatic rings. The molecule has 0 saturated carbocycles. The number of amides is 2. The van der Waals surface area contributed by atoms with Gasteiger partial charge >= 0.3 is 12.0 Å². The number of aliphatic carboxylic acids is 1. The van der Waals surface area contributed by atoms with Crippen molar-refractivity contribution in [2.24, 2.45) is 5.92 Å². The van der Waals surface area contributed by atoms with Gasteiger partial charge in [-0.05, 0) is 39.3 Å². The van der Waals surface area contributed by atoms with E-state index in [0.29, 0.717) is 18.9 Å². The fourth-order valence-electron chi connectivity index (χ4n) is 2.63. The summed E-state index contributed by atoms with van der Waals surface area (Å²) in [6.07, 6.45) is 2.72. The molecule has 6 heteroatoms. The number of likely N-dealkylation sites (tertiary alicyclic amines) is 1. The van der Waals surface area contributed by atoms with E-state index in [1.165, 1.54) is 0 Å². The monoisotopic (exact) mass is 285 g/mol. The van der Waals surface area contributed by atoms with Crippen LogP contribution >= 0.6 is 0 Å². The van der Waals surface area contributed by atoms with Crippen LogP contribution in [0.5, 0.6) is 0 Å². The number of carbonyl (C=O) groups excluding carboxylic acids is 1. The van der Waals surface area contributed by atoms with Crippen molar-refractivity contribution >= 4 is 12.0 Å². The second-order valence-electron chi connectivity index (χ2n) is 5.89. The van der Waals surface area contributed by atoms with E-state index in [0.717, 1.165) is 32.5 Å². The topological polar surface area (TPSA) is 64.1 Å². The molecule has 0 aromatic carbocycles. The van der Waals surface area contributed by atoms with Crippen LogP contribution in [-0.4, -0.2) is 79.1 Å². The summed E-state index contributed by atoms with van der Waals surface area (Å²) in [7, 11) is 5.90. The van der Waals surface area contributed by atoms with E-state index < -0.39 is 5.97 Å². The Morgan fingerprint density at radius 1 is 1.20 bits per heavy atom. The lowest BCUT2D eigenvalue weighted by molar-refractivity contribution is -0.137. The van der Waals surface area contributed by atoms with Gasteiger partial charge in [0, 0.05) is 39.6 Å². The summed E-state index contributed by atoms with van der Waals surface area (Å²) in [4.78, 5) is 28.4. The first-order valence-electron chi connectivity index (χ1n) is 7.26. The highest BCUT2D eigenvalue weighted by atomic mass is 16.4. The normalized spacial score (nSPS) is 16.5. The molecule has 0 spiro atoms. The molecule has 1 aliphatic heterocycles. The van der Waals surface area contributed by atoms with Crippen molar-refractivity contribution in [3.05, 3.63) is 0 Å². The lowest BCUT2D eigenvalue weighted by Gasteiger charge is -2.35. The summed E-state index contributed by atoms with van der Waals surface area (Å²) in [5, 5.41) is 8.60. The predicted molar refractivity (Wildman–Crippen MR) is 77.7 cm³/mol. The average Bonchev–Trinajstić information content (AvgIpc) is 2.37. The molecular formula is C14H27N3O3. The second kappa shape index (κ2) is 8.09. The zero-order valence-corrected chi connectivity index (χ0v) is 12.8. The maximum atomic E-state index is 12.2. The summed E-state index contributed by atoms with van der Waals surface area (Å²) in [5.41, 5.74) is 0. The Balaban J connectivity index is 2.29. The smallest absolute Gasteiger partial charge is 0.319 e. The number of piperidine rings is 1. The molecule has 0 atom stereocenters. The van der Waals surface area contributed by atoms with Crippen LogP contribution < -0.4 is 0 Å². The van der Waals surface area contributed by atoms with Gasteiger partial charge in [-0.2, -0.15) is 0 Å². The van der Waals surface area contributed by atoms with E-state index in [4.69, 9.17) is 5.11 Å². The van der Waals surface area contributed by atoms with Gasteiger partial charge in [0.05, 0.1) is 0 Å². The summed E-state index contributed by atoms with van der Waals surface area (Å²) < 4.78 is 0. The third-order valence-corrected chi connectivity index (χ3v) is 3.72. The zero-order valence-electron chi connectivity index (χ0n) is 12.8. The molecule has 1 heterocycles. The number of hydrogen-bond donors (Lipinski definition) is 1. The highest BCUT2D eigenvalue weighted by Gasteiger charge is 2.24. The van der Waals surface area contributed by atoms with Crippen molar-refractivity contribution < 1.29 is 14.7 Å². The van der Waals surface area contributed by atoms with Crippen LogP contribution in [0.2, 0.25) is 0 Å². The molecule has 1 saturated heterocycles. The van der Waals surface area contributed by atoms with Crippen LogP contribution in [0, 0.1) is 5.92 Å². The number of rotatable bonds is 6. The van der Waals surface area contributed by atoms with Gasteiger partial charge < -0.3 is 19.8 Å². The minimum atomic E-state index is -0.810. The molecule has 116 valence electrons. The second-order valence-corrected chi connectivity index (χ2v) is 5.89. The maximum absolute atomic E-state index is 12.2. The molecule has 0 aliphatic carbocycles. The first kappa shape index (κ1) is 16.8. The molecule has 0 bridgehead atoms. The molecule has 20 heavy (non-hydrogen) atoms. The van der Waals surface area contributed by atoms with E-state index >= 15 is 0 Å². The Labute approximate surface area is 121 Å². The first-order chi connectivity index (χ1) is 9.40. The van der Waals surface area contributed by atoms with Gasteiger partial charge in [-0.25, -0.2) is 4.79 Å². The number of carboxylic acids is 1. The van der Waals surface area contributed by atoms with Crippen molar-refractivity contribution in [3.63, 3.8) is 0 Å². The van der Waals surface area contributed by atoms with Gasteiger partial charge in [0.25, 0.3) is 0 Å². The van der Waals surface area contributed by atoms with E-state index in [1.54, 1.807) is 11.9 Å². The van der Waals surface area contributed by atoms with Gasteiger partial charge in [-0.15, -0.1) is 0 Å². The van der Waals surface area contributed by atoms with Gasteiger partial charge in [-0.3, -0.25) is 4.79 Å². The predicted octanol–water partition coefficient (Wildman–Crippen LogP) is 1.18. The number of urea groups is 1. The molecule has 2 amide bonds. The van der Waals surface area contributed by atoms with Crippen molar-refractivity contribution in [1.29, 1.82) is 0 Å². The largest absolute Gasteiger partial charge is 0.481 e. The maximum Gasteiger partial charge on any atom is 0.319 e. The van der Waals surface area contributed by atoms with E-state index in [2.05, 4.69) is 19.0 Å². The zero-order chi connectivity index (χ0) is 15.1. The minimum Gasteiger partial charge on any atom is -0.481 e. The molecule has 1 N–H and O–H groups in total. The van der Waals surface area contributed by atoms with E-state index in [1.807, 2.05) is 4.90 Å². The van der Waals surface area contributed by atoms with Gasteiger partial charge in [0.15, 0.2) is 0 Å². The average molecular weight is 285 g/mol. The molecule has 1 rings (SSSR count). The van der Waals surface area contributed by atoms with Crippen LogP contribution in [-0.2, 0) is 4.79 Å². The molecular weight excluding hydrogens is 258 g/mol.